The molecule has 0 spiro atoms. The summed E-state index contributed by atoms with van der Waals surface area (Å²) < 4.78 is 33.3. The van der Waals surface area contributed by atoms with E-state index < -0.39 is 24.1 Å². The smallest absolute Gasteiger partial charge is 0.330 e. The first-order valence-corrected chi connectivity index (χ1v) is 14.9. The zero-order valence-electron chi connectivity index (χ0n) is 23.6. The summed E-state index contributed by atoms with van der Waals surface area (Å²) >= 11 is 3.07. The first-order chi connectivity index (χ1) is 20.4. The van der Waals surface area contributed by atoms with Gasteiger partial charge in [0.05, 0.1) is 14.2 Å². The molecule has 0 aromatic heterocycles. The summed E-state index contributed by atoms with van der Waals surface area (Å²) in [5, 5.41) is 0. The lowest BCUT2D eigenvalue weighted by Crippen LogP contribution is -2.27. The van der Waals surface area contributed by atoms with Gasteiger partial charge in [-0.2, -0.15) is 0 Å². The highest BCUT2D eigenvalue weighted by Crippen LogP contribution is 2.26. The van der Waals surface area contributed by atoms with Crippen molar-refractivity contribution < 1.29 is 38.0 Å². The predicted octanol–water partition coefficient (Wildman–Crippen LogP) is 6.24. The first-order valence-electron chi connectivity index (χ1n) is 13.0. The highest BCUT2D eigenvalue weighted by Gasteiger charge is 2.17. The van der Waals surface area contributed by atoms with Gasteiger partial charge in [-0.05, 0) is 60.7 Å². The Bertz CT molecular complexity index is 1200. The Kier molecular flexibility index (Phi) is 13.7. The van der Waals surface area contributed by atoms with Crippen LogP contribution in [0.2, 0.25) is 0 Å². The van der Waals surface area contributed by atoms with Gasteiger partial charge in [-0.1, -0.05) is 19.2 Å². The molecule has 0 amide bonds. The van der Waals surface area contributed by atoms with E-state index in [0.717, 1.165) is 33.4 Å². The summed E-state index contributed by atoms with van der Waals surface area (Å²) in [5.74, 6) is 2.51. The Balaban J connectivity index is 1.56. The third kappa shape index (κ3) is 11.5. The molecule has 0 heterocycles. The standard InChI is InChI=1S/C32H34O8S2/c1-5-31(33)39-27(21-41-29-14-10-23(35-3)11-15-29)19-37-25-8-7-9-26(18-25)38-20-28(40-32(34)6-2)22-42-30-16-12-24(36-4)13-17-30/h5-18,27-28H,1-2,19-22H2,3-4H3. The predicted molar refractivity (Wildman–Crippen MR) is 165 cm³/mol. The number of methoxy groups -OCH3 is 2. The van der Waals surface area contributed by atoms with Crippen LogP contribution in [0.1, 0.15) is 0 Å². The molecule has 0 aliphatic rings. The molecule has 3 aromatic rings. The van der Waals surface area contributed by atoms with E-state index in [-0.39, 0.29) is 13.2 Å². The van der Waals surface area contributed by atoms with Crippen molar-refractivity contribution in [2.75, 3.05) is 38.9 Å². The molecule has 0 aliphatic heterocycles. The molecule has 3 rings (SSSR count). The van der Waals surface area contributed by atoms with Gasteiger partial charge in [-0.25, -0.2) is 9.59 Å². The summed E-state index contributed by atoms with van der Waals surface area (Å²) in [6, 6.07) is 22.3. The molecular weight excluding hydrogens is 576 g/mol. The largest absolute Gasteiger partial charge is 0.497 e. The molecule has 3 aromatic carbocycles. The third-order valence-corrected chi connectivity index (χ3v) is 7.85. The summed E-state index contributed by atoms with van der Waals surface area (Å²) in [4.78, 5) is 25.8. The van der Waals surface area contributed by atoms with Gasteiger partial charge in [-0.3, -0.25) is 0 Å². The van der Waals surface area contributed by atoms with E-state index in [1.54, 1.807) is 38.5 Å². The number of carbonyl (C=O) groups excluding carboxylic acids is 2. The number of carbonyl (C=O) groups is 2. The second kappa shape index (κ2) is 17.7. The fraction of sp³-hybridized carbons (Fsp3) is 0.250. The van der Waals surface area contributed by atoms with Crippen LogP contribution in [-0.2, 0) is 19.1 Å². The molecule has 0 N–H and O–H groups in total. The van der Waals surface area contributed by atoms with Crippen molar-refractivity contribution >= 4 is 35.5 Å². The zero-order chi connectivity index (χ0) is 30.2. The number of hydrogen-bond acceptors (Lipinski definition) is 10. The Labute approximate surface area is 255 Å². The topological polar surface area (TPSA) is 89.5 Å². The highest BCUT2D eigenvalue weighted by molar-refractivity contribution is 7.99. The maximum atomic E-state index is 11.9. The van der Waals surface area contributed by atoms with Gasteiger partial charge in [-0.15, -0.1) is 23.5 Å². The lowest BCUT2D eigenvalue weighted by Gasteiger charge is -2.19. The van der Waals surface area contributed by atoms with Crippen molar-refractivity contribution in [3.8, 4) is 23.0 Å². The zero-order valence-corrected chi connectivity index (χ0v) is 25.2. The van der Waals surface area contributed by atoms with Crippen LogP contribution in [0.5, 0.6) is 23.0 Å². The minimum Gasteiger partial charge on any atom is -0.497 e. The molecule has 222 valence electrons. The van der Waals surface area contributed by atoms with E-state index in [1.807, 2.05) is 48.5 Å². The average molecular weight is 611 g/mol. The molecule has 0 fully saturated rings. The Morgan fingerprint density at radius 3 is 1.43 bits per heavy atom. The molecule has 0 bridgehead atoms. The van der Waals surface area contributed by atoms with Crippen LogP contribution in [0.4, 0.5) is 0 Å². The van der Waals surface area contributed by atoms with E-state index in [4.69, 9.17) is 28.4 Å². The Morgan fingerprint density at radius 2 is 1.07 bits per heavy atom. The SMILES string of the molecule is C=CC(=O)OC(COc1cccc(OCC(CSc2ccc(OC)cc2)OC(=O)C=C)c1)CSc1ccc(OC)cc1. The molecule has 42 heavy (non-hydrogen) atoms. The van der Waals surface area contributed by atoms with Crippen LogP contribution < -0.4 is 18.9 Å². The van der Waals surface area contributed by atoms with Crippen molar-refractivity contribution in [1.82, 2.24) is 0 Å². The molecule has 10 heteroatoms. The molecule has 0 saturated heterocycles. The number of thioether (sulfide) groups is 2. The summed E-state index contributed by atoms with van der Waals surface area (Å²) in [6.07, 6.45) is 1.21. The van der Waals surface area contributed by atoms with E-state index in [9.17, 15) is 9.59 Å². The first kappa shape index (κ1) is 32.5. The number of rotatable bonds is 18. The summed E-state index contributed by atoms with van der Waals surface area (Å²) in [5.41, 5.74) is 0. The van der Waals surface area contributed by atoms with Gasteiger partial charge in [0.2, 0.25) is 0 Å². The second-order valence-electron chi connectivity index (χ2n) is 8.60. The number of benzene rings is 3. The van der Waals surface area contributed by atoms with Gasteiger partial charge in [0.25, 0.3) is 0 Å². The minimum atomic E-state index is -0.524. The quantitative estimate of drug-likeness (QED) is 0.0937. The van der Waals surface area contributed by atoms with Crippen LogP contribution >= 0.6 is 23.5 Å². The lowest BCUT2D eigenvalue weighted by molar-refractivity contribution is -0.144. The third-order valence-electron chi connectivity index (χ3n) is 5.57. The number of ether oxygens (including phenoxy) is 6. The molecule has 2 unspecified atom stereocenters. The van der Waals surface area contributed by atoms with E-state index >= 15 is 0 Å². The van der Waals surface area contributed by atoms with Crippen LogP contribution in [-0.4, -0.2) is 63.1 Å². The Morgan fingerprint density at radius 1 is 0.667 bits per heavy atom. The fourth-order valence-corrected chi connectivity index (χ4v) is 5.15. The lowest BCUT2D eigenvalue weighted by atomic mass is 10.3. The molecule has 0 saturated carbocycles. The van der Waals surface area contributed by atoms with Crippen molar-refractivity contribution in [2.45, 2.75) is 22.0 Å². The van der Waals surface area contributed by atoms with Gasteiger partial charge in [0.1, 0.15) is 48.4 Å². The van der Waals surface area contributed by atoms with Gasteiger partial charge in [0, 0.05) is 39.5 Å². The van der Waals surface area contributed by atoms with Crippen molar-refractivity contribution in [2.24, 2.45) is 0 Å². The van der Waals surface area contributed by atoms with E-state index in [0.29, 0.717) is 23.0 Å². The van der Waals surface area contributed by atoms with Crippen LogP contribution in [0.25, 0.3) is 0 Å². The molecule has 8 nitrogen and oxygen atoms in total. The maximum absolute atomic E-state index is 11.9. The normalized spacial score (nSPS) is 11.9. The highest BCUT2D eigenvalue weighted by atomic mass is 32.2. The number of hydrogen-bond donors (Lipinski definition) is 0. The van der Waals surface area contributed by atoms with E-state index in [1.165, 1.54) is 23.5 Å². The molecular formula is C32H34O8S2. The monoisotopic (exact) mass is 610 g/mol. The fourth-order valence-electron chi connectivity index (χ4n) is 3.41. The van der Waals surface area contributed by atoms with Gasteiger partial charge in [0.15, 0.2) is 0 Å². The average Bonchev–Trinajstić information content (AvgIpc) is 3.04. The van der Waals surface area contributed by atoms with Crippen LogP contribution in [0.15, 0.2) is 108 Å². The van der Waals surface area contributed by atoms with Crippen molar-refractivity contribution in [1.29, 1.82) is 0 Å². The summed E-state index contributed by atoms with van der Waals surface area (Å²) in [6.45, 7) is 7.22. The van der Waals surface area contributed by atoms with Crippen molar-refractivity contribution in [3.05, 3.63) is 98.1 Å². The minimum absolute atomic E-state index is 0.129. The van der Waals surface area contributed by atoms with Crippen LogP contribution in [0, 0.1) is 0 Å². The van der Waals surface area contributed by atoms with Gasteiger partial charge < -0.3 is 28.4 Å². The van der Waals surface area contributed by atoms with Crippen LogP contribution in [0.3, 0.4) is 0 Å². The molecule has 0 radical (unpaired) electrons. The Hall–Kier alpha value is -4.02. The second-order valence-corrected chi connectivity index (χ2v) is 10.8. The maximum Gasteiger partial charge on any atom is 0.330 e. The van der Waals surface area contributed by atoms with Crippen molar-refractivity contribution in [3.63, 3.8) is 0 Å². The molecule has 2 atom stereocenters. The summed E-state index contributed by atoms with van der Waals surface area (Å²) in [7, 11) is 3.23. The van der Waals surface area contributed by atoms with Gasteiger partial charge >= 0.3 is 11.9 Å². The number of esters is 2. The van der Waals surface area contributed by atoms with E-state index in [2.05, 4.69) is 13.2 Å². The molecule has 0 aliphatic carbocycles.